The van der Waals surface area contributed by atoms with Gasteiger partial charge >= 0.3 is 0 Å². The second kappa shape index (κ2) is 27.3. The molecule has 0 aliphatic rings. The Hall–Kier alpha value is -6.48. The topological polar surface area (TPSA) is 24.1 Å². The molecule has 1 unspecified atom stereocenters. The fourth-order valence-electron chi connectivity index (χ4n) is 6.74. The Balaban J connectivity index is 0.00000114. The van der Waals surface area contributed by atoms with E-state index in [2.05, 4.69) is 222 Å². The number of hydrogen-bond donors (Lipinski definition) is 2. The molecule has 0 saturated heterocycles. The molecular formula is C59H68N2. The Bertz CT molecular complexity index is 2290. The van der Waals surface area contributed by atoms with Crippen LogP contribution in [0.25, 0.3) is 44.5 Å². The minimum atomic E-state index is 0.0681. The van der Waals surface area contributed by atoms with Crippen LogP contribution in [0.2, 0.25) is 0 Å². The van der Waals surface area contributed by atoms with Crippen LogP contribution in [0.1, 0.15) is 82.7 Å². The molecule has 0 aliphatic carbocycles. The Morgan fingerprint density at radius 3 is 1.70 bits per heavy atom. The lowest BCUT2D eigenvalue weighted by molar-refractivity contribution is 0.595. The molecule has 2 N–H and O–H groups in total. The molecule has 0 fully saturated rings. The van der Waals surface area contributed by atoms with Crippen LogP contribution >= 0.6 is 0 Å². The molecular weight excluding hydrogens is 737 g/mol. The highest BCUT2D eigenvalue weighted by molar-refractivity contribution is 5.85. The monoisotopic (exact) mass is 805 g/mol. The van der Waals surface area contributed by atoms with E-state index in [1.807, 2.05) is 39.1 Å². The highest BCUT2D eigenvalue weighted by Crippen LogP contribution is 2.35. The molecule has 0 spiro atoms. The first-order chi connectivity index (χ1) is 29.8. The molecule has 61 heavy (non-hydrogen) atoms. The van der Waals surface area contributed by atoms with Crippen LogP contribution in [-0.4, -0.2) is 7.05 Å². The summed E-state index contributed by atoms with van der Waals surface area (Å²) >= 11 is 0. The van der Waals surface area contributed by atoms with E-state index in [0.717, 1.165) is 63.1 Å². The van der Waals surface area contributed by atoms with Crippen LogP contribution in [-0.2, 0) is 6.54 Å². The summed E-state index contributed by atoms with van der Waals surface area (Å²) in [5, 5.41) is 6.84. The van der Waals surface area contributed by atoms with E-state index in [1.54, 1.807) is 6.08 Å². The van der Waals surface area contributed by atoms with E-state index in [1.165, 1.54) is 27.8 Å². The van der Waals surface area contributed by atoms with Crippen LogP contribution in [0.3, 0.4) is 0 Å². The average Bonchev–Trinajstić information content (AvgIpc) is 3.32. The highest BCUT2D eigenvalue weighted by atomic mass is 14.9. The summed E-state index contributed by atoms with van der Waals surface area (Å²) in [6.07, 6.45) is 22.5. The van der Waals surface area contributed by atoms with Gasteiger partial charge in [-0.15, -0.1) is 0 Å². The van der Waals surface area contributed by atoms with Crippen molar-refractivity contribution in [1.82, 2.24) is 10.6 Å². The molecule has 5 rings (SSSR count). The SMILES string of the molecule is C=C(CC)NC.C=C/C=C(\C=C)c1ccc(-c2cc(CNC(/C(C)=C/C=C\CC)c3ccccc3)cc(-c3cc(C(/C=C\C)=C/C=C)cc(-c4ccccc4)c3)c2)cc1.CC. The Morgan fingerprint density at radius 2 is 1.18 bits per heavy atom. The normalized spacial score (nSPS) is 12.1. The van der Waals surface area contributed by atoms with Crippen molar-refractivity contribution in [2.45, 2.75) is 67.0 Å². The van der Waals surface area contributed by atoms with Gasteiger partial charge in [0.2, 0.25) is 0 Å². The van der Waals surface area contributed by atoms with Gasteiger partial charge in [-0.25, -0.2) is 0 Å². The molecule has 0 aromatic heterocycles. The molecule has 2 heteroatoms. The molecule has 5 aromatic rings. The number of allylic oxidation sites excluding steroid dienone is 13. The summed E-state index contributed by atoms with van der Waals surface area (Å²) in [6.45, 7) is 28.8. The van der Waals surface area contributed by atoms with Crippen LogP contribution in [0, 0.1) is 0 Å². The molecule has 0 radical (unpaired) electrons. The van der Waals surface area contributed by atoms with Crippen molar-refractivity contribution in [1.29, 1.82) is 0 Å². The summed E-state index contributed by atoms with van der Waals surface area (Å²) < 4.78 is 0. The van der Waals surface area contributed by atoms with Gasteiger partial charge in [0.25, 0.3) is 0 Å². The van der Waals surface area contributed by atoms with Crippen LogP contribution in [0.15, 0.2) is 220 Å². The van der Waals surface area contributed by atoms with Gasteiger partial charge in [0.05, 0.1) is 6.04 Å². The number of hydrogen-bond acceptors (Lipinski definition) is 2. The predicted molar refractivity (Wildman–Crippen MR) is 273 cm³/mol. The molecule has 0 saturated carbocycles. The maximum atomic E-state index is 4.01. The highest BCUT2D eigenvalue weighted by Gasteiger charge is 2.15. The maximum Gasteiger partial charge on any atom is 0.0539 e. The van der Waals surface area contributed by atoms with Gasteiger partial charge in [-0.3, -0.25) is 0 Å². The molecule has 314 valence electrons. The van der Waals surface area contributed by atoms with E-state index in [0.29, 0.717) is 6.54 Å². The first-order valence-electron chi connectivity index (χ1n) is 21.6. The van der Waals surface area contributed by atoms with Crippen molar-refractivity contribution in [3.8, 4) is 33.4 Å². The molecule has 5 aromatic carbocycles. The number of benzene rings is 5. The Kier molecular flexibility index (Phi) is 21.9. The minimum Gasteiger partial charge on any atom is -0.392 e. The van der Waals surface area contributed by atoms with Crippen molar-refractivity contribution in [3.63, 3.8) is 0 Å². The van der Waals surface area contributed by atoms with E-state index >= 15 is 0 Å². The standard InChI is InChI=1S/C52H51N.C5H11N.C2H6/c1-7-12-15-23-39(6)52(46-26-18-14-19-27-46)53-38-40-32-47(45-30-28-44(29-31-45)41(11-5)20-8-2)34-48(33-40)51-36-49(42(21-9-3)22-10-4)35-50(37-51)43-24-16-13-17-25-43;1-4-5(2)6-3;1-2/h8-37,52-53H,2-3,5,7,38H2,1,4,6H3;6H,2,4H2,1,3H3;1-2H3/b15-12-,22-10-,39-23+,41-20+,42-21+;;. The van der Waals surface area contributed by atoms with E-state index in [4.69, 9.17) is 0 Å². The first kappa shape index (κ1) is 48.9. The van der Waals surface area contributed by atoms with Gasteiger partial charge < -0.3 is 10.6 Å². The van der Waals surface area contributed by atoms with Crippen molar-refractivity contribution in [3.05, 3.63) is 242 Å². The molecule has 2 nitrogen and oxygen atoms in total. The van der Waals surface area contributed by atoms with Gasteiger partial charge in [0.15, 0.2) is 0 Å². The molecule has 1 atom stereocenters. The second-order valence-electron chi connectivity index (χ2n) is 14.3. The molecule has 0 heterocycles. The number of nitrogens with one attached hydrogen (secondary N) is 2. The lowest BCUT2D eigenvalue weighted by Crippen LogP contribution is -2.22. The van der Waals surface area contributed by atoms with Crippen LogP contribution in [0.4, 0.5) is 0 Å². The second-order valence-corrected chi connectivity index (χ2v) is 14.3. The molecule has 0 bridgehead atoms. The largest absolute Gasteiger partial charge is 0.392 e. The van der Waals surface area contributed by atoms with Crippen molar-refractivity contribution in [2.75, 3.05) is 7.05 Å². The zero-order chi connectivity index (χ0) is 44.4. The van der Waals surface area contributed by atoms with Gasteiger partial charge in [0, 0.05) is 19.3 Å². The minimum absolute atomic E-state index is 0.0681. The van der Waals surface area contributed by atoms with Crippen molar-refractivity contribution >= 4 is 11.1 Å². The van der Waals surface area contributed by atoms with Crippen LogP contribution in [0.5, 0.6) is 0 Å². The third-order valence-corrected chi connectivity index (χ3v) is 10.0. The van der Waals surface area contributed by atoms with Gasteiger partial charge in [-0.1, -0.05) is 205 Å². The van der Waals surface area contributed by atoms with Gasteiger partial charge in [-0.2, -0.15) is 0 Å². The fraction of sp³-hybridized carbons (Fsp3) is 0.186. The Labute approximate surface area is 369 Å². The van der Waals surface area contributed by atoms with Gasteiger partial charge in [0.1, 0.15) is 0 Å². The zero-order valence-electron chi connectivity index (χ0n) is 37.8. The lowest BCUT2D eigenvalue weighted by Gasteiger charge is -2.21. The smallest absolute Gasteiger partial charge is 0.0539 e. The summed E-state index contributed by atoms with van der Waals surface area (Å²) in [6, 6.07) is 44.0. The summed E-state index contributed by atoms with van der Waals surface area (Å²) in [5.74, 6) is 0. The summed E-state index contributed by atoms with van der Waals surface area (Å²) in [5.41, 5.74) is 16.2. The average molecular weight is 805 g/mol. The maximum absolute atomic E-state index is 4.01. The third-order valence-electron chi connectivity index (χ3n) is 10.0. The Morgan fingerprint density at radius 1 is 0.639 bits per heavy atom. The lowest BCUT2D eigenvalue weighted by atomic mass is 9.90. The van der Waals surface area contributed by atoms with E-state index in [9.17, 15) is 0 Å². The number of rotatable bonds is 18. The summed E-state index contributed by atoms with van der Waals surface area (Å²) in [7, 11) is 1.88. The van der Waals surface area contributed by atoms with Gasteiger partial charge in [-0.05, 0) is 130 Å². The van der Waals surface area contributed by atoms with E-state index < -0.39 is 0 Å². The molecule has 0 aliphatic heterocycles. The predicted octanol–water partition coefficient (Wildman–Crippen LogP) is 16.5. The zero-order valence-corrected chi connectivity index (χ0v) is 37.8. The van der Waals surface area contributed by atoms with Crippen molar-refractivity contribution in [2.24, 2.45) is 0 Å². The molecule has 0 amide bonds. The fourth-order valence-corrected chi connectivity index (χ4v) is 6.74. The van der Waals surface area contributed by atoms with Crippen molar-refractivity contribution < 1.29 is 0 Å². The summed E-state index contributed by atoms with van der Waals surface area (Å²) in [4.78, 5) is 0. The van der Waals surface area contributed by atoms with E-state index in [-0.39, 0.29) is 6.04 Å². The van der Waals surface area contributed by atoms with Crippen LogP contribution < -0.4 is 10.6 Å². The first-order valence-corrected chi connectivity index (χ1v) is 21.6. The third kappa shape index (κ3) is 15.2. The quantitative estimate of drug-likeness (QED) is 0.0862.